The first-order valence-corrected chi connectivity index (χ1v) is 12.3. The van der Waals surface area contributed by atoms with Crippen LogP contribution in [0.25, 0.3) is 0 Å². The summed E-state index contributed by atoms with van der Waals surface area (Å²) in [5.74, 6) is -3.38. The summed E-state index contributed by atoms with van der Waals surface area (Å²) in [5.41, 5.74) is -3.43. The molecule has 0 unspecified atom stereocenters. The number of benzene rings is 1. The fraction of sp³-hybridized carbons (Fsp3) is 0.625. The molecule has 1 aliphatic carbocycles. The zero-order valence-electron chi connectivity index (χ0n) is 19.7. The van der Waals surface area contributed by atoms with Crippen molar-refractivity contribution in [1.82, 2.24) is 15.1 Å². The first-order valence-electron chi connectivity index (χ1n) is 12.0. The van der Waals surface area contributed by atoms with Gasteiger partial charge >= 0.3 is 12.3 Å². The van der Waals surface area contributed by atoms with E-state index >= 15 is 0 Å². The highest BCUT2D eigenvalue weighted by Crippen LogP contribution is 2.59. The topological polar surface area (TPSA) is 90.0 Å². The monoisotopic (exact) mass is 533 g/mol. The molecule has 7 nitrogen and oxygen atoms in total. The van der Waals surface area contributed by atoms with Crippen molar-refractivity contribution in [2.75, 3.05) is 32.7 Å². The van der Waals surface area contributed by atoms with Crippen LogP contribution in [0, 0.1) is 17.2 Å². The number of alkyl halides is 3. The number of ketones is 1. The van der Waals surface area contributed by atoms with Gasteiger partial charge in [0, 0.05) is 44.6 Å². The number of likely N-dealkylation sites (tertiary alicyclic amines) is 1. The van der Waals surface area contributed by atoms with Crippen LogP contribution in [0.3, 0.4) is 0 Å². The number of piperidine rings is 1. The molecule has 2 saturated heterocycles. The zero-order valence-corrected chi connectivity index (χ0v) is 20.5. The number of Topliss-reactive ketones (excluding diaryl/α,β-unsaturated/α-hetero) is 1. The number of likely N-dealkylation sites (N-methyl/N-ethyl adjacent to an activating group) is 1. The van der Waals surface area contributed by atoms with Gasteiger partial charge < -0.3 is 15.3 Å². The molecular formula is C24H28ClF4N3O4. The molecule has 2 N–H and O–H groups in total. The lowest BCUT2D eigenvalue weighted by Gasteiger charge is -2.45. The van der Waals surface area contributed by atoms with E-state index in [9.17, 15) is 37.1 Å². The molecule has 1 aromatic carbocycles. The molecule has 0 radical (unpaired) electrons. The van der Waals surface area contributed by atoms with Crippen molar-refractivity contribution >= 4 is 29.4 Å². The van der Waals surface area contributed by atoms with Crippen molar-refractivity contribution in [3.05, 3.63) is 34.6 Å². The van der Waals surface area contributed by atoms with Crippen molar-refractivity contribution in [3.63, 3.8) is 0 Å². The van der Waals surface area contributed by atoms with Gasteiger partial charge in [-0.2, -0.15) is 13.2 Å². The number of rotatable bonds is 6. The highest BCUT2D eigenvalue weighted by atomic mass is 35.5. The molecule has 2 amide bonds. The SMILES string of the molecule is CCN(C(=O)O)[C@]1(C(=O)C2CCN(C(=O)C3(C(F)(F)F)CC3)CC2)CNC[C@H]1c1ccc(Cl)c(F)c1. The number of nitrogens with zero attached hydrogens (tertiary/aromatic N) is 2. The Kier molecular flexibility index (Phi) is 7.02. The summed E-state index contributed by atoms with van der Waals surface area (Å²) in [4.78, 5) is 41.2. The van der Waals surface area contributed by atoms with Crippen LogP contribution in [0.4, 0.5) is 22.4 Å². The standard InChI is InChI=1S/C24H28ClF4N3O4/c1-2-32(21(35)36)23(13-30-12-16(23)15-3-4-17(25)18(26)11-15)19(33)14-5-9-31(10-6-14)20(34)22(7-8-22)24(27,28)29/h3-4,11,14,16,30H,2,5-10,12-13H2,1H3,(H,35,36)/t16-,23+/m0/s1. The molecule has 3 aliphatic rings. The highest BCUT2D eigenvalue weighted by molar-refractivity contribution is 6.30. The normalized spacial score (nSPS) is 26.1. The number of carboxylic acid groups (broad SMARTS) is 1. The first kappa shape index (κ1) is 26.7. The summed E-state index contributed by atoms with van der Waals surface area (Å²) in [6.07, 6.45) is -6.13. The fourth-order valence-corrected chi connectivity index (χ4v) is 5.95. The van der Waals surface area contributed by atoms with Crippen molar-refractivity contribution in [3.8, 4) is 0 Å². The number of halogens is 5. The van der Waals surface area contributed by atoms with Gasteiger partial charge in [0.05, 0.1) is 5.02 Å². The second-order valence-corrected chi connectivity index (χ2v) is 10.2. The van der Waals surface area contributed by atoms with Gasteiger partial charge in [-0.15, -0.1) is 0 Å². The maximum Gasteiger partial charge on any atom is 0.408 e. The summed E-state index contributed by atoms with van der Waals surface area (Å²) in [7, 11) is 0. The van der Waals surface area contributed by atoms with Crippen LogP contribution in [0.2, 0.25) is 5.02 Å². The minimum Gasteiger partial charge on any atom is -0.465 e. The van der Waals surface area contributed by atoms with Crippen LogP contribution in [0.1, 0.15) is 44.1 Å². The van der Waals surface area contributed by atoms with E-state index in [1.807, 2.05) is 0 Å². The maximum atomic E-state index is 14.3. The third kappa shape index (κ3) is 4.23. The quantitative estimate of drug-likeness (QED) is 0.538. The van der Waals surface area contributed by atoms with Gasteiger partial charge in [-0.05, 0) is 50.3 Å². The molecule has 12 heteroatoms. The molecule has 2 aliphatic heterocycles. The van der Waals surface area contributed by atoms with Gasteiger partial charge in [0.25, 0.3) is 0 Å². The van der Waals surface area contributed by atoms with Gasteiger partial charge in [0.1, 0.15) is 16.8 Å². The summed E-state index contributed by atoms with van der Waals surface area (Å²) >= 11 is 5.82. The molecule has 198 valence electrons. The van der Waals surface area contributed by atoms with E-state index in [2.05, 4.69) is 5.32 Å². The number of amides is 2. The summed E-state index contributed by atoms with van der Waals surface area (Å²) in [6.45, 7) is 1.81. The second kappa shape index (κ2) is 9.48. The van der Waals surface area contributed by atoms with E-state index < -0.39 is 46.8 Å². The first-order chi connectivity index (χ1) is 16.9. The summed E-state index contributed by atoms with van der Waals surface area (Å²) < 4.78 is 54.6. The summed E-state index contributed by atoms with van der Waals surface area (Å²) in [5, 5.41) is 13.0. The molecule has 1 aromatic rings. The van der Waals surface area contributed by atoms with Crippen molar-refractivity contribution in [2.24, 2.45) is 11.3 Å². The second-order valence-electron chi connectivity index (χ2n) is 9.82. The Morgan fingerprint density at radius 3 is 2.36 bits per heavy atom. The third-order valence-electron chi connectivity index (χ3n) is 7.98. The van der Waals surface area contributed by atoms with Gasteiger partial charge in [0.2, 0.25) is 5.91 Å². The Labute approximate surface area is 210 Å². The van der Waals surface area contributed by atoms with Gasteiger partial charge in [0.15, 0.2) is 5.78 Å². The van der Waals surface area contributed by atoms with Gasteiger partial charge in [-0.3, -0.25) is 14.5 Å². The lowest BCUT2D eigenvalue weighted by atomic mass is 9.71. The smallest absolute Gasteiger partial charge is 0.408 e. The van der Waals surface area contributed by atoms with E-state index in [0.717, 1.165) is 4.90 Å². The third-order valence-corrected chi connectivity index (χ3v) is 8.28. The van der Waals surface area contributed by atoms with E-state index in [4.69, 9.17) is 11.6 Å². The fourth-order valence-electron chi connectivity index (χ4n) is 5.83. The predicted molar refractivity (Wildman–Crippen MR) is 122 cm³/mol. The minimum atomic E-state index is -4.61. The lowest BCUT2D eigenvalue weighted by molar-refractivity contribution is -0.199. The van der Waals surface area contributed by atoms with Crippen molar-refractivity contribution < 1.29 is 37.1 Å². The maximum absolute atomic E-state index is 14.3. The summed E-state index contributed by atoms with van der Waals surface area (Å²) in [6, 6.07) is 4.12. The van der Waals surface area contributed by atoms with Crippen molar-refractivity contribution in [1.29, 1.82) is 0 Å². The number of hydrogen-bond donors (Lipinski definition) is 2. The van der Waals surface area contributed by atoms with E-state index in [0.29, 0.717) is 5.56 Å². The molecule has 36 heavy (non-hydrogen) atoms. The molecule has 2 atom stereocenters. The average molecular weight is 534 g/mol. The van der Waals surface area contributed by atoms with Crippen LogP contribution in [-0.4, -0.2) is 77.1 Å². The average Bonchev–Trinajstić information content (AvgIpc) is 3.55. The minimum absolute atomic E-state index is 0.000753. The number of carbonyl (C=O) groups excluding carboxylic acids is 2. The van der Waals surface area contributed by atoms with Crippen LogP contribution in [0.15, 0.2) is 18.2 Å². The molecule has 1 saturated carbocycles. The molecule has 0 spiro atoms. The van der Waals surface area contributed by atoms with E-state index in [1.165, 1.54) is 17.0 Å². The van der Waals surface area contributed by atoms with Gasteiger partial charge in [-0.1, -0.05) is 17.7 Å². The number of nitrogens with one attached hydrogen (secondary N) is 1. The Morgan fingerprint density at radius 1 is 1.22 bits per heavy atom. The zero-order chi connectivity index (χ0) is 26.5. The molecule has 0 aromatic heterocycles. The van der Waals surface area contributed by atoms with Crippen molar-refractivity contribution in [2.45, 2.75) is 50.2 Å². The molecule has 0 bridgehead atoms. The van der Waals surface area contributed by atoms with E-state index in [1.54, 1.807) is 13.0 Å². The Hall–Kier alpha value is -2.40. The molecular weight excluding hydrogens is 506 g/mol. The van der Waals surface area contributed by atoms with E-state index in [-0.39, 0.29) is 69.2 Å². The predicted octanol–water partition coefficient (Wildman–Crippen LogP) is 4.05. The molecule has 4 rings (SSSR count). The van der Waals surface area contributed by atoms with Gasteiger partial charge in [-0.25, -0.2) is 9.18 Å². The molecule has 2 heterocycles. The Bertz CT molecular complexity index is 1060. The van der Waals surface area contributed by atoms with Crippen LogP contribution in [0.5, 0.6) is 0 Å². The number of hydrogen-bond acceptors (Lipinski definition) is 4. The molecule has 3 fully saturated rings. The Morgan fingerprint density at radius 2 is 1.86 bits per heavy atom. The van der Waals surface area contributed by atoms with Crippen LogP contribution >= 0.6 is 11.6 Å². The number of carbonyl (C=O) groups is 3. The van der Waals surface area contributed by atoms with Crippen LogP contribution in [-0.2, 0) is 9.59 Å². The largest absolute Gasteiger partial charge is 0.465 e. The van der Waals surface area contributed by atoms with Crippen LogP contribution < -0.4 is 5.32 Å². The Balaban J connectivity index is 1.60. The lowest BCUT2D eigenvalue weighted by Crippen LogP contribution is -2.63. The highest BCUT2D eigenvalue weighted by Gasteiger charge is 2.69.